The van der Waals surface area contributed by atoms with Crippen molar-refractivity contribution in [1.29, 1.82) is 0 Å². The molecule has 0 aliphatic rings. The third-order valence-electron chi connectivity index (χ3n) is 4.73. The number of aliphatic hydroxyl groups is 2. The van der Waals surface area contributed by atoms with Crippen molar-refractivity contribution in [1.82, 2.24) is 9.97 Å². The molecule has 3 heterocycles. The number of anilines is 1. The molecular weight excluding hydrogens is 406 g/mol. The fourth-order valence-corrected chi connectivity index (χ4v) is 4.56. The Hall–Kier alpha value is -2.51. The molecule has 0 spiro atoms. The molecule has 5 nitrogen and oxygen atoms in total. The molecule has 0 radical (unpaired) electrons. The topological polar surface area (TPSA) is 92.3 Å². The van der Waals surface area contributed by atoms with Crippen LogP contribution in [0.2, 0.25) is 5.02 Å². The smallest absolute Gasteiger partial charge is 0.132 e. The number of fused-ring (bicyclic) bond motifs is 1. The minimum absolute atomic E-state index is 0.304. The van der Waals surface area contributed by atoms with E-state index >= 15 is 0 Å². The highest BCUT2D eigenvalue weighted by molar-refractivity contribution is 7.19. The summed E-state index contributed by atoms with van der Waals surface area (Å²) in [5.41, 5.74) is 7.62. The number of nitrogens with two attached hydrogens (primary N) is 1. The summed E-state index contributed by atoms with van der Waals surface area (Å²) in [6.45, 7) is 3.49. The molecule has 4 aromatic rings. The number of halogens is 1. The first kappa shape index (κ1) is 19.8. The second-order valence-electron chi connectivity index (χ2n) is 7.37. The molecule has 1 aromatic carbocycles. The minimum Gasteiger partial charge on any atom is -0.386 e. The van der Waals surface area contributed by atoms with Crippen LogP contribution in [0.25, 0.3) is 21.3 Å². The Morgan fingerprint density at radius 1 is 1.14 bits per heavy atom. The van der Waals surface area contributed by atoms with Gasteiger partial charge in [-0.3, -0.25) is 4.98 Å². The molecule has 4 rings (SSSR count). The van der Waals surface area contributed by atoms with Gasteiger partial charge in [0, 0.05) is 21.3 Å². The van der Waals surface area contributed by atoms with E-state index in [1.54, 1.807) is 38.2 Å². The van der Waals surface area contributed by atoms with Crippen molar-refractivity contribution in [3.8, 4) is 11.3 Å². The predicted octanol–water partition coefficient (Wildman–Crippen LogP) is 4.90. The summed E-state index contributed by atoms with van der Waals surface area (Å²) in [6.07, 6.45) is 0.716. The quantitative estimate of drug-likeness (QED) is 0.432. The summed E-state index contributed by atoms with van der Waals surface area (Å²) in [7, 11) is 0. The average molecular weight is 426 g/mol. The summed E-state index contributed by atoms with van der Waals surface area (Å²) in [5, 5.41) is 22.6. The zero-order chi connectivity index (χ0) is 20.8. The highest BCUT2D eigenvalue weighted by Gasteiger charge is 2.21. The van der Waals surface area contributed by atoms with Gasteiger partial charge in [0.15, 0.2) is 0 Å². The third-order valence-corrected chi connectivity index (χ3v) is 6.28. The molecule has 148 valence electrons. The first-order valence-electron chi connectivity index (χ1n) is 9.06. The number of nitrogens with zero attached hydrogens (tertiary/aromatic N) is 2. The van der Waals surface area contributed by atoms with Gasteiger partial charge in [0.2, 0.25) is 0 Å². The van der Waals surface area contributed by atoms with Crippen molar-refractivity contribution in [2.24, 2.45) is 0 Å². The fourth-order valence-electron chi connectivity index (χ4n) is 3.18. The number of aromatic nitrogens is 2. The van der Waals surface area contributed by atoms with Gasteiger partial charge < -0.3 is 15.9 Å². The molecule has 4 N–H and O–H groups in total. The molecule has 0 aliphatic heterocycles. The van der Waals surface area contributed by atoms with E-state index in [0.29, 0.717) is 21.4 Å². The lowest BCUT2D eigenvalue weighted by Gasteiger charge is -2.18. The maximum atomic E-state index is 10.9. The van der Waals surface area contributed by atoms with E-state index in [0.717, 1.165) is 26.9 Å². The first-order chi connectivity index (χ1) is 13.7. The predicted molar refractivity (Wildman–Crippen MR) is 118 cm³/mol. The monoisotopic (exact) mass is 425 g/mol. The number of pyridine rings is 2. The summed E-state index contributed by atoms with van der Waals surface area (Å²) < 4.78 is 0.988. The maximum absolute atomic E-state index is 10.9. The summed E-state index contributed by atoms with van der Waals surface area (Å²) in [6, 6.07) is 14.8. The SMILES string of the molecule is CC(C)(O)c1ccnc(-c2cccc3cc(C(O)c4nc(N)ccc4Cl)sc23)c1. The number of rotatable bonds is 4. The maximum Gasteiger partial charge on any atom is 0.132 e. The zero-order valence-electron chi connectivity index (χ0n) is 15.9. The lowest BCUT2D eigenvalue weighted by molar-refractivity contribution is 0.0785. The summed E-state index contributed by atoms with van der Waals surface area (Å²) in [4.78, 5) is 9.41. The highest BCUT2D eigenvalue weighted by atomic mass is 35.5. The number of thiophene rings is 1. The van der Waals surface area contributed by atoms with E-state index in [1.807, 2.05) is 30.3 Å². The van der Waals surface area contributed by atoms with E-state index in [-0.39, 0.29) is 0 Å². The zero-order valence-corrected chi connectivity index (χ0v) is 17.5. The van der Waals surface area contributed by atoms with Gasteiger partial charge in [0.05, 0.1) is 22.0 Å². The Kier molecular flexibility index (Phi) is 5.04. The van der Waals surface area contributed by atoms with Crippen molar-refractivity contribution in [3.05, 3.63) is 75.9 Å². The molecule has 0 aliphatic carbocycles. The molecule has 7 heteroatoms. The molecule has 1 atom stereocenters. The highest BCUT2D eigenvalue weighted by Crippen LogP contribution is 2.39. The van der Waals surface area contributed by atoms with E-state index in [9.17, 15) is 10.2 Å². The van der Waals surface area contributed by atoms with Crippen molar-refractivity contribution < 1.29 is 10.2 Å². The Balaban J connectivity index is 1.82. The van der Waals surface area contributed by atoms with Crippen LogP contribution in [0.15, 0.2) is 54.7 Å². The van der Waals surface area contributed by atoms with Gasteiger partial charge >= 0.3 is 0 Å². The molecule has 0 amide bonds. The Labute approximate surface area is 177 Å². The number of benzene rings is 1. The number of hydrogen-bond donors (Lipinski definition) is 3. The molecular formula is C22H20ClN3O2S. The normalized spacial score (nSPS) is 13.0. The van der Waals surface area contributed by atoms with Crippen molar-refractivity contribution in [2.45, 2.75) is 25.6 Å². The van der Waals surface area contributed by atoms with Gasteiger partial charge in [-0.25, -0.2) is 4.98 Å². The van der Waals surface area contributed by atoms with Gasteiger partial charge in [-0.1, -0.05) is 29.8 Å². The fraction of sp³-hybridized carbons (Fsp3) is 0.182. The molecule has 3 aromatic heterocycles. The van der Waals surface area contributed by atoms with E-state index in [1.165, 1.54) is 11.3 Å². The largest absolute Gasteiger partial charge is 0.386 e. The van der Waals surface area contributed by atoms with Crippen LogP contribution in [0, 0.1) is 0 Å². The van der Waals surface area contributed by atoms with Gasteiger partial charge in [-0.15, -0.1) is 11.3 Å². The van der Waals surface area contributed by atoms with Gasteiger partial charge in [0.1, 0.15) is 11.9 Å². The van der Waals surface area contributed by atoms with Crippen molar-refractivity contribution >= 4 is 38.8 Å². The number of hydrogen-bond acceptors (Lipinski definition) is 6. The summed E-state index contributed by atoms with van der Waals surface area (Å²) >= 11 is 7.68. The average Bonchev–Trinajstić information content (AvgIpc) is 3.13. The van der Waals surface area contributed by atoms with Crippen LogP contribution in [-0.4, -0.2) is 20.2 Å². The molecule has 0 saturated carbocycles. The van der Waals surface area contributed by atoms with Crippen LogP contribution in [0.3, 0.4) is 0 Å². The Bertz CT molecular complexity index is 1200. The second-order valence-corrected chi connectivity index (χ2v) is 8.86. The van der Waals surface area contributed by atoms with E-state index in [4.69, 9.17) is 17.3 Å². The van der Waals surface area contributed by atoms with E-state index in [2.05, 4.69) is 9.97 Å². The van der Waals surface area contributed by atoms with Crippen LogP contribution < -0.4 is 5.73 Å². The molecule has 1 unspecified atom stereocenters. The molecule has 0 saturated heterocycles. The molecule has 29 heavy (non-hydrogen) atoms. The van der Waals surface area contributed by atoms with Gasteiger partial charge in [-0.05, 0) is 55.1 Å². The van der Waals surface area contributed by atoms with E-state index < -0.39 is 11.7 Å². The lowest BCUT2D eigenvalue weighted by atomic mass is 9.97. The van der Waals surface area contributed by atoms with Crippen LogP contribution >= 0.6 is 22.9 Å². The molecule has 0 fully saturated rings. The molecule has 0 bridgehead atoms. The van der Waals surface area contributed by atoms with Gasteiger partial charge in [0.25, 0.3) is 0 Å². The van der Waals surface area contributed by atoms with Crippen LogP contribution in [0.5, 0.6) is 0 Å². The van der Waals surface area contributed by atoms with Crippen LogP contribution in [0.4, 0.5) is 5.82 Å². The van der Waals surface area contributed by atoms with Crippen LogP contribution in [0.1, 0.15) is 36.1 Å². The Morgan fingerprint density at radius 2 is 1.93 bits per heavy atom. The number of nitrogen functional groups attached to an aromatic ring is 1. The van der Waals surface area contributed by atoms with Crippen molar-refractivity contribution in [2.75, 3.05) is 5.73 Å². The minimum atomic E-state index is -0.980. The standard InChI is InChI=1S/C22H20ClN3O2S/c1-22(2,28)13-8-9-25-16(11-13)14-5-3-4-12-10-17(29-21(12)14)20(27)19-15(23)6-7-18(24)26-19/h3-11,20,27-28H,1-2H3,(H2,24,26). The third kappa shape index (κ3) is 3.84. The van der Waals surface area contributed by atoms with Crippen LogP contribution in [-0.2, 0) is 5.60 Å². The first-order valence-corrected chi connectivity index (χ1v) is 10.2. The van der Waals surface area contributed by atoms with Crippen molar-refractivity contribution in [3.63, 3.8) is 0 Å². The second kappa shape index (κ2) is 7.39. The van der Waals surface area contributed by atoms with Gasteiger partial charge in [-0.2, -0.15) is 0 Å². The summed E-state index contributed by atoms with van der Waals surface area (Å²) in [5.74, 6) is 0.304. The Morgan fingerprint density at radius 3 is 2.69 bits per heavy atom. The lowest BCUT2D eigenvalue weighted by Crippen LogP contribution is -2.15. The number of aliphatic hydroxyl groups excluding tert-OH is 1.